The molecule has 2 aromatic rings. The predicted octanol–water partition coefficient (Wildman–Crippen LogP) is 1.80. The van der Waals surface area contributed by atoms with Crippen LogP contribution in [0.4, 0.5) is 0 Å². The maximum absolute atomic E-state index is 12.3. The van der Waals surface area contributed by atoms with Crippen LogP contribution < -0.4 is 0 Å². The summed E-state index contributed by atoms with van der Waals surface area (Å²) in [6.07, 6.45) is 3.29. The van der Waals surface area contributed by atoms with Crippen LogP contribution in [-0.2, 0) is 54.6 Å². The van der Waals surface area contributed by atoms with Gasteiger partial charge in [0.05, 0.1) is 0 Å². The molecule has 8 heteroatoms. The van der Waals surface area contributed by atoms with Crippen LogP contribution in [0.3, 0.4) is 0 Å². The van der Waals surface area contributed by atoms with E-state index in [2.05, 4.69) is 0 Å². The van der Waals surface area contributed by atoms with E-state index in [-0.39, 0.29) is 11.8 Å². The molecule has 0 spiro atoms. The third kappa shape index (κ3) is 5.89. The zero-order valence-corrected chi connectivity index (χ0v) is 18.8. The van der Waals surface area contributed by atoms with Gasteiger partial charge in [-0.05, 0) is 35.1 Å². The Morgan fingerprint density at radius 2 is 1.03 bits per heavy atom. The van der Waals surface area contributed by atoms with Gasteiger partial charge < -0.3 is 19.3 Å². The number of hydrogen-bond acceptors (Lipinski definition) is 6. The smallest absolute Gasteiger partial charge is 0.331 e. The molecule has 34 heavy (non-hydrogen) atoms. The molecule has 2 amide bonds. The first-order chi connectivity index (χ1) is 16.5. The molecule has 0 radical (unpaired) electrons. The Hall–Kier alpha value is -3.94. The zero-order chi connectivity index (χ0) is 23.9. The van der Waals surface area contributed by atoms with Gasteiger partial charge in [-0.3, -0.25) is 9.59 Å². The molecule has 8 nitrogen and oxygen atoms in total. The minimum atomic E-state index is -0.832. The van der Waals surface area contributed by atoms with Crippen molar-refractivity contribution in [3.8, 4) is 0 Å². The van der Waals surface area contributed by atoms with Crippen molar-refractivity contribution in [1.82, 2.24) is 9.80 Å². The van der Waals surface area contributed by atoms with Gasteiger partial charge in [-0.25, -0.2) is 9.59 Å². The Labute approximate surface area is 197 Å². The third-order valence-corrected chi connectivity index (χ3v) is 6.00. The molecule has 0 unspecified atom stereocenters. The van der Waals surface area contributed by atoms with Gasteiger partial charge in [0.1, 0.15) is 0 Å². The monoisotopic (exact) mass is 462 g/mol. The second-order valence-electron chi connectivity index (χ2n) is 8.22. The van der Waals surface area contributed by atoms with Gasteiger partial charge in [0.2, 0.25) is 0 Å². The van der Waals surface area contributed by atoms with Crippen LogP contribution in [0.2, 0.25) is 0 Å². The summed E-state index contributed by atoms with van der Waals surface area (Å²) >= 11 is 0. The minimum Gasteiger partial charge on any atom is -0.452 e. The molecule has 2 aromatic carbocycles. The second-order valence-corrected chi connectivity index (χ2v) is 8.22. The quantitative estimate of drug-likeness (QED) is 0.480. The van der Waals surface area contributed by atoms with Crippen LogP contribution in [0, 0.1) is 0 Å². The van der Waals surface area contributed by atoms with Crippen molar-refractivity contribution < 1.29 is 28.7 Å². The van der Waals surface area contributed by atoms with E-state index in [0.717, 1.165) is 36.1 Å². The topological polar surface area (TPSA) is 93.2 Å². The summed E-state index contributed by atoms with van der Waals surface area (Å²) in [6.45, 7) is 1.26. The average Bonchev–Trinajstić information content (AvgIpc) is 2.88. The van der Waals surface area contributed by atoms with Crippen LogP contribution in [0.5, 0.6) is 0 Å². The Bertz CT molecular complexity index is 1040. The molecule has 0 atom stereocenters. The van der Waals surface area contributed by atoms with Crippen molar-refractivity contribution in [2.45, 2.75) is 25.9 Å². The predicted molar refractivity (Wildman–Crippen MR) is 122 cm³/mol. The number of rotatable bonds is 6. The van der Waals surface area contributed by atoms with Crippen molar-refractivity contribution in [2.24, 2.45) is 0 Å². The summed E-state index contributed by atoms with van der Waals surface area (Å²) in [5.41, 5.74) is 4.60. The van der Waals surface area contributed by atoms with Crippen LogP contribution in [0.25, 0.3) is 0 Å². The van der Waals surface area contributed by atoms with Gasteiger partial charge in [0.25, 0.3) is 11.8 Å². The summed E-state index contributed by atoms with van der Waals surface area (Å²) in [5, 5.41) is 0. The molecule has 0 aliphatic carbocycles. The lowest BCUT2D eigenvalue weighted by molar-refractivity contribution is -0.149. The highest BCUT2D eigenvalue weighted by Crippen LogP contribution is 2.19. The van der Waals surface area contributed by atoms with Gasteiger partial charge in [0.15, 0.2) is 13.2 Å². The van der Waals surface area contributed by atoms with Crippen molar-refractivity contribution in [3.05, 3.63) is 82.9 Å². The standard InChI is InChI=1S/C26H26N2O6/c29-23(27-13-11-19-5-1-3-7-21(19)15-27)17-33-25(31)9-10-26(32)34-18-24(30)28-14-12-20-6-2-4-8-22(20)16-28/h1-10H,11-18H2. The highest BCUT2D eigenvalue weighted by atomic mass is 16.5. The molecule has 0 saturated carbocycles. The molecule has 2 aliphatic rings. The zero-order valence-electron chi connectivity index (χ0n) is 18.8. The number of hydrogen-bond donors (Lipinski definition) is 0. The fourth-order valence-corrected chi connectivity index (χ4v) is 4.10. The van der Waals surface area contributed by atoms with Crippen molar-refractivity contribution in [1.29, 1.82) is 0 Å². The maximum atomic E-state index is 12.3. The van der Waals surface area contributed by atoms with E-state index in [4.69, 9.17) is 9.47 Å². The normalized spacial score (nSPS) is 14.8. The number of carbonyl (C=O) groups is 4. The number of amides is 2. The molecule has 0 saturated heterocycles. The van der Waals surface area contributed by atoms with Crippen molar-refractivity contribution in [3.63, 3.8) is 0 Å². The van der Waals surface area contributed by atoms with E-state index >= 15 is 0 Å². The van der Waals surface area contributed by atoms with Crippen molar-refractivity contribution >= 4 is 23.8 Å². The molecule has 2 aliphatic heterocycles. The van der Waals surface area contributed by atoms with E-state index in [1.165, 1.54) is 11.1 Å². The lowest BCUT2D eigenvalue weighted by atomic mass is 10.00. The maximum Gasteiger partial charge on any atom is 0.331 e. The molecule has 4 rings (SSSR count). The van der Waals surface area contributed by atoms with E-state index < -0.39 is 25.2 Å². The third-order valence-electron chi connectivity index (χ3n) is 6.00. The van der Waals surface area contributed by atoms with E-state index in [0.29, 0.717) is 26.2 Å². The number of fused-ring (bicyclic) bond motifs is 2. The number of ether oxygens (including phenoxy) is 2. The summed E-state index contributed by atoms with van der Waals surface area (Å²) in [5.74, 6) is -2.26. The fourth-order valence-electron chi connectivity index (χ4n) is 4.10. The lowest BCUT2D eigenvalue weighted by Crippen LogP contribution is -2.38. The SMILES string of the molecule is O=C(C=CC(=O)OCC(=O)N1CCc2ccccc2C1)OCC(=O)N1CCc2ccccc2C1. The summed E-state index contributed by atoms with van der Waals surface area (Å²) in [7, 11) is 0. The van der Waals surface area contributed by atoms with E-state index in [9.17, 15) is 19.2 Å². The number of benzene rings is 2. The van der Waals surface area contributed by atoms with Gasteiger partial charge in [-0.1, -0.05) is 48.5 Å². The van der Waals surface area contributed by atoms with Gasteiger partial charge >= 0.3 is 11.9 Å². The number of esters is 2. The lowest BCUT2D eigenvalue weighted by Gasteiger charge is -2.28. The molecular weight excluding hydrogens is 436 g/mol. The molecular formula is C26H26N2O6. The largest absolute Gasteiger partial charge is 0.452 e. The number of nitrogens with zero attached hydrogens (tertiary/aromatic N) is 2. The van der Waals surface area contributed by atoms with Crippen LogP contribution in [0.1, 0.15) is 22.3 Å². The van der Waals surface area contributed by atoms with Crippen molar-refractivity contribution in [2.75, 3.05) is 26.3 Å². The Morgan fingerprint density at radius 1 is 0.647 bits per heavy atom. The highest BCUT2D eigenvalue weighted by Gasteiger charge is 2.22. The van der Waals surface area contributed by atoms with E-state index in [1.807, 2.05) is 48.5 Å². The van der Waals surface area contributed by atoms with Gasteiger partial charge in [0, 0.05) is 38.3 Å². The first-order valence-electron chi connectivity index (χ1n) is 11.2. The van der Waals surface area contributed by atoms with Crippen LogP contribution >= 0.6 is 0 Å². The highest BCUT2D eigenvalue weighted by molar-refractivity contribution is 5.93. The fraction of sp³-hybridized carbons (Fsp3) is 0.308. The Morgan fingerprint density at radius 3 is 1.44 bits per heavy atom. The molecule has 0 fully saturated rings. The van der Waals surface area contributed by atoms with Crippen LogP contribution in [-0.4, -0.2) is 59.9 Å². The second kappa shape index (κ2) is 10.8. The summed E-state index contributed by atoms with van der Waals surface area (Å²) in [4.78, 5) is 51.7. The molecule has 0 N–H and O–H groups in total. The minimum absolute atomic E-state index is 0.299. The molecule has 0 bridgehead atoms. The molecule has 2 heterocycles. The van der Waals surface area contributed by atoms with Crippen LogP contribution in [0.15, 0.2) is 60.7 Å². The van der Waals surface area contributed by atoms with E-state index in [1.54, 1.807) is 9.80 Å². The molecule has 0 aromatic heterocycles. The first-order valence-corrected chi connectivity index (χ1v) is 11.2. The molecule has 176 valence electrons. The van der Waals surface area contributed by atoms with Gasteiger partial charge in [-0.15, -0.1) is 0 Å². The first kappa shape index (κ1) is 23.2. The Kier molecular flexibility index (Phi) is 7.37. The Balaban J connectivity index is 1.16. The summed E-state index contributed by atoms with van der Waals surface area (Å²) in [6, 6.07) is 15.8. The average molecular weight is 463 g/mol. The van der Waals surface area contributed by atoms with Gasteiger partial charge in [-0.2, -0.15) is 0 Å². The summed E-state index contributed by atoms with van der Waals surface area (Å²) < 4.78 is 9.90. The number of carbonyl (C=O) groups excluding carboxylic acids is 4.